The maximum atomic E-state index is 12.2. The number of rotatable bonds is 5. The molecule has 138 valence electrons. The number of hydrogen-bond acceptors (Lipinski definition) is 6. The van der Waals surface area contributed by atoms with Gasteiger partial charge in [-0.3, -0.25) is 9.69 Å². The molecule has 0 spiro atoms. The number of aromatic amines is 1. The van der Waals surface area contributed by atoms with Crippen LogP contribution in [0.3, 0.4) is 0 Å². The van der Waals surface area contributed by atoms with E-state index in [1.807, 2.05) is 18.5 Å². The van der Waals surface area contributed by atoms with Crippen LogP contribution in [0.4, 0.5) is 0 Å². The molecule has 26 heavy (non-hydrogen) atoms. The topological polar surface area (TPSA) is 79.7 Å². The molecular formula is C18H24N6OS. The number of H-pyrrole nitrogens is 1. The number of nitrogens with one attached hydrogen (secondary N) is 1. The van der Waals surface area contributed by atoms with Crippen molar-refractivity contribution in [3.05, 3.63) is 38.6 Å². The smallest absolute Gasteiger partial charge is 0.281 e. The number of likely N-dealkylation sites (tertiary alicyclic amines) is 1. The monoisotopic (exact) mass is 372 g/mol. The zero-order valence-electron chi connectivity index (χ0n) is 15.2. The second-order valence-corrected chi connectivity index (χ2v) is 8.20. The van der Waals surface area contributed by atoms with Gasteiger partial charge in [0, 0.05) is 25.6 Å². The first-order chi connectivity index (χ1) is 12.6. The van der Waals surface area contributed by atoms with Gasteiger partial charge in [-0.1, -0.05) is 19.1 Å². The van der Waals surface area contributed by atoms with Crippen molar-refractivity contribution in [3.63, 3.8) is 0 Å². The van der Waals surface area contributed by atoms with Gasteiger partial charge in [-0.2, -0.15) is 11.3 Å². The van der Waals surface area contributed by atoms with Crippen LogP contribution in [0.2, 0.25) is 0 Å². The highest BCUT2D eigenvalue weighted by atomic mass is 32.1. The molecular weight excluding hydrogens is 348 g/mol. The van der Waals surface area contributed by atoms with Crippen LogP contribution in [0.25, 0.3) is 11.2 Å². The summed E-state index contributed by atoms with van der Waals surface area (Å²) < 4.78 is 1.81. The lowest BCUT2D eigenvalue weighted by Crippen LogP contribution is -2.36. The number of hydrogen-bond donors (Lipinski definition) is 1. The molecule has 1 N–H and O–H groups in total. The Morgan fingerprint density at radius 1 is 1.42 bits per heavy atom. The fourth-order valence-corrected chi connectivity index (χ4v) is 4.27. The van der Waals surface area contributed by atoms with Crippen molar-refractivity contribution in [1.82, 2.24) is 29.9 Å². The van der Waals surface area contributed by atoms with Gasteiger partial charge in [-0.25, -0.2) is 9.67 Å². The van der Waals surface area contributed by atoms with Gasteiger partial charge >= 0.3 is 0 Å². The van der Waals surface area contributed by atoms with Crippen molar-refractivity contribution >= 4 is 22.5 Å². The van der Waals surface area contributed by atoms with Gasteiger partial charge in [0.1, 0.15) is 5.82 Å². The maximum Gasteiger partial charge on any atom is 0.281 e. The van der Waals surface area contributed by atoms with E-state index in [4.69, 9.17) is 0 Å². The molecule has 0 radical (unpaired) electrons. The average molecular weight is 372 g/mol. The minimum atomic E-state index is -0.201. The Bertz CT molecular complexity index is 929. The standard InChI is InChI=1S/C18H24N6OS/c1-12(2)16-19-17-15(18(25)20-16)21-22-24(17)10-13-4-3-6-23(8-13)9-14-5-7-26-11-14/h5,7,11-13H,3-4,6,8-10H2,1-2H3,(H,19,20,25)/t13-/m1/s1. The van der Waals surface area contributed by atoms with Gasteiger partial charge in [-0.05, 0) is 47.7 Å². The van der Waals surface area contributed by atoms with Crippen LogP contribution in [0, 0.1) is 5.92 Å². The highest BCUT2D eigenvalue weighted by molar-refractivity contribution is 7.07. The molecule has 0 aromatic carbocycles. The van der Waals surface area contributed by atoms with Crippen LogP contribution < -0.4 is 5.56 Å². The molecule has 0 amide bonds. The highest BCUT2D eigenvalue weighted by Crippen LogP contribution is 2.22. The second kappa shape index (κ2) is 7.28. The number of nitrogens with zero attached hydrogens (tertiary/aromatic N) is 5. The molecule has 0 aliphatic carbocycles. The number of aromatic nitrogens is 5. The van der Waals surface area contributed by atoms with Crippen LogP contribution in [0.1, 0.15) is 44.0 Å². The Kier molecular flexibility index (Phi) is 4.86. The summed E-state index contributed by atoms with van der Waals surface area (Å²) in [5.74, 6) is 1.34. The molecule has 0 unspecified atom stereocenters. The Balaban J connectivity index is 1.52. The number of thiophene rings is 1. The van der Waals surface area contributed by atoms with E-state index in [0.29, 0.717) is 22.9 Å². The van der Waals surface area contributed by atoms with Crippen LogP contribution in [0.5, 0.6) is 0 Å². The lowest BCUT2D eigenvalue weighted by molar-refractivity contribution is 0.154. The van der Waals surface area contributed by atoms with Crippen molar-refractivity contribution in [2.45, 2.75) is 45.7 Å². The Hall–Kier alpha value is -2.06. The molecule has 0 bridgehead atoms. The average Bonchev–Trinajstić information content (AvgIpc) is 3.26. The summed E-state index contributed by atoms with van der Waals surface area (Å²) in [6.07, 6.45) is 2.36. The summed E-state index contributed by atoms with van der Waals surface area (Å²) in [4.78, 5) is 22.1. The maximum absolute atomic E-state index is 12.2. The van der Waals surface area contributed by atoms with Gasteiger partial charge in [0.25, 0.3) is 5.56 Å². The van der Waals surface area contributed by atoms with Crippen LogP contribution in [-0.4, -0.2) is 43.0 Å². The molecule has 7 nitrogen and oxygen atoms in total. The zero-order valence-corrected chi connectivity index (χ0v) is 16.0. The largest absolute Gasteiger partial charge is 0.308 e. The lowest BCUT2D eigenvalue weighted by Gasteiger charge is -2.32. The van der Waals surface area contributed by atoms with Gasteiger partial charge in [-0.15, -0.1) is 5.10 Å². The van der Waals surface area contributed by atoms with Crippen LogP contribution in [-0.2, 0) is 13.1 Å². The summed E-state index contributed by atoms with van der Waals surface area (Å²) in [5.41, 5.74) is 2.12. The van der Waals surface area contributed by atoms with E-state index in [1.165, 1.54) is 18.4 Å². The second-order valence-electron chi connectivity index (χ2n) is 7.42. The SMILES string of the molecule is CC(C)c1nc2c(nnn2C[C@@H]2CCCN(Cc3ccsc3)C2)c(=O)[nH]1. The van der Waals surface area contributed by atoms with Crippen molar-refractivity contribution in [1.29, 1.82) is 0 Å². The minimum absolute atomic E-state index is 0.159. The predicted molar refractivity (Wildman–Crippen MR) is 102 cm³/mol. The molecule has 0 saturated carbocycles. The van der Waals surface area contributed by atoms with Crippen LogP contribution in [0.15, 0.2) is 21.6 Å². The molecule has 3 aromatic heterocycles. The van der Waals surface area contributed by atoms with E-state index in [-0.39, 0.29) is 11.5 Å². The zero-order chi connectivity index (χ0) is 18.1. The van der Waals surface area contributed by atoms with Gasteiger partial charge < -0.3 is 4.98 Å². The Morgan fingerprint density at radius 3 is 3.08 bits per heavy atom. The third-order valence-electron chi connectivity index (χ3n) is 4.96. The Labute approximate surface area is 156 Å². The van der Waals surface area contributed by atoms with Crippen molar-refractivity contribution < 1.29 is 0 Å². The molecule has 1 fully saturated rings. The summed E-state index contributed by atoms with van der Waals surface area (Å²) >= 11 is 1.75. The highest BCUT2D eigenvalue weighted by Gasteiger charge is 2.23. The fraction of sp³-hybridized carbons (Fsp3) is 0.556. The van der Waals surface area contributed by atoms with Gasteiger partial charge in [0.05, 0.1) is 0 Å². The summed E-state index contributed by atoms with van der Waals surface area (Å²) in [7, 11) is 0. The molecule has 4 heterocycles. The summed E-state index contributed by atoms with van der Waals surface area (Å²) in [6, 6.07) is 2.20. The Morgan fingerprint density at radius 2 is 2.31 bits per heavy atom. The van der Waals surface area contributed by atoms with E-state index < -0.39 is 0 Å². The van der Waals surface area contributed by atoms with Gasteiger partial charge in [0.2, 0.25) is 0 Å². The first-order valence-corrected chi connectivity index (χ1v) is 10.1. The molecule has 3 aromatic rings. The predicted octanol–water partition coefficient (Wildman–Crippen LogP) is 2.61. The number of piperidine rings is 1. The number of fused-ring (bicyclic) bond motifs is 1. The molecule has 1 atom stereocenters. The first-order valence-electron chi connectivity index (χ1n) is 9.17. The molecule has 1 aliphatic rings. The van der Waals surface area contributed by atoms with E-state index >= 15 is 0 Å². The molecule has 4 rings (SSSR count). The van der Waals surface area contributed by atoms with Crippen LogP contribution >= 0.6 is 11.3 Å². The van der Waals surface area contributed by atoms with Crippen molar-refractivity contribution in [2.24, 2.45) is 5.92 Å². The summed E-state index contributed by atoms with van der Waals surface area (Å²) in [6.45, 7) is 7.97. The van der Waals surface area contributed by atoms with Crippen molar-refractivity contribution in [2.75, 3.05) is 13.1 Å². The quantitative estimate of drug-likeness (QED) is 0.745. The fourth-order valence-electron chi connectivity index (χ4n) is 3.61. The van der Waals surface area contributed by atoms with E-state index in [0.717, 1.165) is 26.2 Å². The normalized spacial score (nSPS) is 18.8. The molecule has 1 aliphatic heterocycles. The van der Waals surface area contributed by atoms with E-state index in [2.05, 4.69) is 42.0 Å². The van der Waals surface area contributed by atoms with Gasteiger partial charge in [0.15, 0.2) is 11.2 Å². The molecule has 1 saturated heterocycles. The molecule has 8 heteroatoms. The third-order valence-corrected chi connectivity index (χ3v) is 5.69. The summed E-state index contributed by atoms with van der Waals surface area (Å²) in [5, 5.41) is 12.6. The van der Waals surface area contributed by atoms with Crippen molar-refractivity contribution in [3.8, 4) is 0 Å². The van der Waals surface area contributed by atoms with E-state index in [1.54, 1.807) is 11.3 Å². The minimum Gasteiger partial charge on any atom is -0.308 e. The first kappa shape index (κ1) is 17.4. The van der Waals surface area contributed by atoms with E-state index in [9.17, 15) is 4.79 Å². The third kappa shape index (κ3) is 3.57. The lowest BCUT2D eigenvalue weighted by atomic mass is 9.98.